The summed E-state index contributed by atoms with van der Waals surface area (Å²) < 4.78 is 10.2. The molecule has 0 amide bonds. The van der Waals surface area contributed by atoms with Gasteiger partial charge in [0, 0.05) is 0 Å². The van der Waals surface area contributed by atoms with Crippen LogP contribution < -0.4 is 0 Å². The lowest BCUT2D eigenvalue weighted by Crippen LogP contribution is -2.37. The van der Waals surface area contributed by atoms with Crippen molar-refractivity contribution in [1.29, 1.82) is 0 Å². The van der Waals surface area contributed by atoms with E-state index in [2.05, 4.69) is 0 Å². The van der Waals surface area contributed by atoms with E-state index in [1.165, 1.54) is 6.42 Å². The zero-order valence-corrected chi connectivity index (χ0v) is 11.7. The Kier molecular flexibility index (Phi) is 5.63. The lowest BCUT2D eigenvalue weighted by molar-refractivity contribution is -0.175. The van der Waals surface area contributed by atoms with Gasteiger partial charge in [-0.15, -0.1) is 0 Å². The van der Waals surface area contributed by atoms with Gasteiger partial charge in [0.15, 0.2) is 6.10 Å². The van der Waals surface area contributed by atoms with Crippen LogP contribution in [0.4, 0.5) is 0 Å². The van der Waals surface area contributed by atoms with Crippen molar-refractivity contribution in [2.24, 2.45) is 5.41 Å². The van der Waals surface area contributed by atoms with Gasteiger partial charge in [-0.05, 0) is 33.1 Å². The average Bonchev–Trinajstić information content (AvgIpc) is 2.36. The fourth-order valence-electron chi connectivity index (χ4n) is 2.34. The van der Waals surface area contributed by atoms with Crippen molar-refractivity contribution in [1.82, 2.24) is 0 Å². The molecule has 4 nitrogen and oxygen atoms in total. The second kappa shape index (κ2) is 6.76. The minimum absolute atomic E-state index is 0.248. The first-order valence-electron chi connectivity index (χ1n) is 6.91. The summed E-state index contributed by atoms with van der Waals surface area (Å²) in [4.78, 5) is 23.8. The molecular formula is C14H24O4. The van der Waals surface area contributed by atoms with Crippen LogP contribution in [0.15, 0.2) is 0 Å². The molecule has 1 atom stereocenters. The molecule has 104 valence electrons. The Morgan fingerprint density at radius 2 is 1.78 bits per heavy atom. The quantitative estimate of drug-likeness (QED) is 0.710. The average molecular weight is 256 g/mol. The number of carbonyl (C=O) groups excluding carboxylic acids is 2. The Morgan fingerprint density at radius 3 is 2.28 bits per heavy atom. The molecule has 0 aromatic heterocycles. The van der Waals surface area contributed by atoms with Crippen LogP contribution in [0.2, 0.25) is 0 Å². The highest BCUT2D eigenvalue weighted by molar-refractivity contribution is 5.82. The lowest BCUT2D eigenvalue weighted by atomic mass is 9.76. The third kappa shape index (κ3) is 3.72. The van der Waals surface area contributed by atoms with E-state index in [4.69, 9.17) is 9.47 Å². The Bertz CT molecular complexity index is 292. The fraction of sp³-hybridized carbons (Fsp3) is 0.857. The second-order valence-electron chi connectivity index (χ2n) is 5.18. The van der Waals surface area contributed by atoms with E-state index >= 15 is 0 Å². The summed E-state index contributed by atoms with van der Waals surface area (Å²) in [7, 11) is 0. The van der Waals surface area contributed by atoms with Gasteiger partial charge in [0.2, 0.25) is 0 Å². The Hall–Kier alpha value is -1.06. The Labute approximate surface area is 109 Å². The van der Waals surface area contributed by atoms with E-state index in [0.29, 0.717) is 13.0 Å². The molecule has 0 N–H and O–H groups in total. The van der Waals surface area contributed by atoms with Crippen LogP contribution in [0.25, 0.3) is 0 Å². The topological polar surface area (TPSA) is 52.6 Å². The molecule has 1 aliphatic carbocycles. The largest absolute Gasteiger partial charge is 0.463 e. The molecule has 4 heteroatoms. The van der Waals surface area contributed by atoms with Crippen molar-refractivity contribution in [3.8, 4) is 0 Å². The highest BCUT2D eigenvalue weighted by atomic mass is 16.6. The summed E-state index contributed by atoms with van der Waals surface area (Å²) in [6.07, 6.45) is 4.70. The van der Waals surface area contributed by atoms with Gasteiger partial charge in [0.25, 0.3) is 0 Å². The summed E-state index contributed by atoms with van der Waals surface area (Å²) in [5.74, 6) is -0.685. The fourth-order valence-corrected chi connectivity index (χ4v) is 2.34. The van der Waals surface area contributed by atoms with E-state index in [1.54, 1.807) is 6.92 Å². The predicted octanol–water partition coefficient (Wildman–Crippen LogP) is 2.84. The molecular weight excluding hydrogens is 232 g/mol. The maximum Gasteiger partial charge on any atom is 0.347 e. The lowest BCUT2D eigenvalue weighted by Gasteiger charge is -2.32. The molecule has 0 radical (unpaired) electrons. The van der Waals surface area contributed by atoms with Gasteiger partial charge in [-0.3, -0.25) is 4.79 Å². The maximum atomic E-state index is 12.2. The molecule has 1 aliphatic rings. The summed E-state index contributed by atoms with van der Waals surface area (Å²) >= 11 is 0. The van der Waals surface area contributed by atoms with Crippen molar-refractivity contribution >= 4 is 11.9 Å². The molecule has 0 bridgehead atoms. The third-order valence-corrected chi connectivity index (χ3v) is 3.62. The highest BCUT2D eigenvalue weighted by Crippen LogP contribution is 2.37. The van der Waals surface area contributed by atoms with Crippen LogP contribution in [0.5, 0.6) is 0 Å². The van der Waals surface area contributed by atoms with E-state index in [9.17, 15) is 9.59 Å². The minimum atomic E-state index is -0.754. The molecule has 18 heavy (non-hydrogen) atoms. The van der Waals surface area contributed by atoms with Gasteiger partial charge >= 0.3 is 11.9 Å². The van der Waals surface area contributed by atoms with Crippen LogP contribution in [-0.4, -0.2) is 24.6 Å². The number of esters is 2. The van der Waals surface area contributed by atoms with Crippen molar-refractivity contribution < 1.29 is 19.1 Å². The van der Waals surface area contributed by atoms with Crippen LogP contribution >= 0.6 is 0 Å². The number of hydrogen-bond acceptors (Lipinski definition) is 4. The van der Waals surface area contributed by atoms with E-state index in [1.807, 2.05) is 13.8 Å². The maximum absolute atomic E-state index is 12.2. The summed E-state index contributed by atoms with van der Waals surface area (Å²) in [5, 5.41) is 0. The van der Waals surface area contributed by atoms with Crippen LogP contribution in [0, 0.1) is 5.41 Å². The van der Waals surface area contributed by atoms with Crippen LogP contribution in [0.3, 0.4) is 0 Å². The zero-order chi connectivity index (χ0) is 13.6. The Morgan fingerprint density at radius 1 is 1.17 bits per heavy atom. The van der Waals surface area contributed by atoms with Gasteiger partial charge in [0.1, 0.15) is 0 Å². The molecule has 1 rings (SSSR count). The summed E-state index contributed by atoms with van der Waals surface area (Å²) in [6.45, 7) is 5.81. The number of rotatable bonds is 5. The second-order valence-corrected chi connectivity index (χ2v) is 5.18. The molecule has 0 aromatic carbocycles. The normalized spacial score (nSPS) is 19.9. The van der Waals surface area contributed by atoms with Crippen molar-refractivity contribution in [3.63, 3.8) is 0 Å². The van der Waals surface area contributed by atoms with Gasteiger partial charge in [0.05, 0.1) is 12.0 Å². The number of ether oxygens (including phenoxy) is 2. The monoisotopic (exact) mass is 256 g/mol. The summed E-state index contributed by atoms with van der Waals surface area (Å²) in [5.41, 5.74) is -0.418. The first-order valence-corrected chi connectivity index (χ1v) is 6.91. The zero-order valence-electron chi connectivity index (χ0n) is 11.7. The van der Waals surface area contributed by atoms with Gasteiger partial charge in [-0.25, -0.2) is 4.79 Å². The third-order valence-electron chi connectivity index (χ3n) is 3.62. The molecule has 0 aromatic rings. The molecule has 0 saturated heterocycles. The van der Waals surface area contributed by atoms with Crippen LogP contribution in [0.1, 0.15) is 59.3 Å². The molecule has 1 unspecified atom stereocenters. The van der Waals surface area contributed by atoms with Gasteiger partial charge < -0.3 is 9.47 Å². The standard InChI is InChI=1S/C14H24O4/c1-4-11(12(15)17-5-2)18-13(16)14(3)9-7-6-8-10-14/h11H,4-10H2,1-3H3. The van der Waals surface area contributed by atoms with Crippen molar-refractivity contribution in [3.05, 3.63) is 0 Å². The first kappa shape index (κ1) is 15.0. The predicted molar refractivity (Wildman–Crippen MR) is 68.0 cm³/mol. The molecule has 0 heterocycles. The van der Waals surface area contributed by atoms with Crippen molar-refractivity contribution in [2.45, 2.75) is 65.4 Å². The van der Waals surface area contributed by atoms with Crippen molar-refractivity contribution in [2.75, 3.05) is 6.61 Å². The molecule has 0 spiro atoms. The van der Waals surface area contributed by atoms with Gasteiger partial charge in [-0.1, -0.05) is 26.2 Å². The van der Waals surface area contributed by atoms with E-state index < -0.39 is 17.5 Å². The minimum Gasteiger partial charge on any atom is -0.463 e. The number of hydrogen-bond donors (Lipinski definition) is 0. The Balaban J connectivity index is 2.58. The number of carbonyl (C=O) groups is 2. The van der Waals surface area contributed by atoms with E-state index in [0.717, 1.165) is 25.7 Å². The van der Waals surface area contributed by atoms with E-state index in [-0.39, 0.29) is 5.97 Å². The molecule has 1 saturated carbocycles. The SMILES string of the molecule is CCOC(=O)C(CC)OC(=O)C1(C)CCCCC1. The van der Waals surface area contributed by atoms with Crippen LogP contribution in [-0.2, 0) is 19.1 Å². The summed E-state index contributed by atoms with van der Waals surface area (Å²) in [6, 6.07) is 0. The molecule has 0 aliphatic heterocycles. The van der Waals surface area contributed by atoms with Gasteiger partial charge in [-0.2, -0.15) is 0 Å². The smallest absolute Gasteiger partial charge is 0.347 e. The highest BCUT2D eigenvalue weighted by Gasteiger charge is 2.38. The first-order chi connectivity index (χ1) is 8.53. The molecule has 1 fully saturated rings.